The zero-order valence-corrected chi connectivity index (χ0v) is 13.0. The largest absolute Gasteiger partial charge is 0.445 e. The molecule has 0 saturated heterocycles. The summed E-state index contributed by atoms with van der Waals surface area (Å²) in [6.45, 7) is 1.12. The Kier molecular flexibility index (Phi) is 5.41. The topological polar surface area (TPSA) is 64.3 Å². The number of rotatable bonds is 4. The molecule has 1 amide bonds. The Hall–Kier alpha value is -2.04. The third-order valence-corrected chi connectivity index (χ3v) is 3.72. The lowest BCUT2D eigenvalue weighted by Crippen LogP contribution is -2.29. The monoisotopic (exact) mass is 318 g/mol. The van der Waals surface area contributed by atoms with Gasteiger partial charge in [-0.15, -0.1) is 12.4 Å². The standard InChI is InChI=1S/C17H18N2O2.ClH/c18-8-9-19-17(20)21-11-13-5-3-7-15-14-6-2-1-4-12(14)10-16(13)15;/h1-7H,8-11,18H2,(H,19,20);1H. The highest BCUT2D eigenvalue weighted by atomic mass is 35.5. The van der Waals surface area contributed by atoms with E-state index < -0.39 is 6.09 Å². The van der Waals surface area contributed by atoms with Gasteiger partial charge in [0.25, 0.3) is 0 Å². The molecule has 0 aromatic heterocycles. The summed E-state index contributed by atoms with van der Waals surface area (Å²) in [6.07, 6.45) is 0.476. The van der Waals surface area contributed by atoms with Gasteiger partial charge >= 0.3 is 6.09 Å². The summed E-state index contributed by atoms with van der Waals surface area (Å²) in [5.74, 6) is 0. The van der Waals surface area contributed by atoms with E-state index in [0.29, 0.717) is 13.1 Å². The molecule has 0 bridgehead atoms. The van der Waals surface area contributed by atoms with Crippen LogP contribution in [0.1, 0.15) is 16.7 Å². The Morgan fingerprint density at radius 2 is 1.91 bits per heavy atom. The highest BCUT2D eigenvalue weighted by Gasteiger charge is 2.20. The van der Waals surface area contributed by atoms with Gasteiger partial charge in [-0.1, -0.05) is 42.5 Å². The van der Waals surface area contributed by atoms with E-state index in [1.165, 1.54) is 22.3 Å². The van der Waals surface area contributed by atoms with Gasteiger partial charge in [0, 0.05) is 13.1 Å². The molecule has 1 aliphatic rings. The molecule has 0 spiro atoms. The maximum Gasteiger partial charge on any atom is 0.407 e. The highest BCUT2D eigenvalue weighted by molar-refractivity contribution is 5.85. The zero-order valence-electron chi connectivity index (χ0n) is 12.2. The summed E-state index contributed by atoms with van der Waals surface area (Å²) in [5.41, 5.74) is 11.5. The number of ether oxygens (including phenoxy) is 1. The van der Waals surface area contributed by atoms with Crippen molar-refractivity contribution < 1.29 is 9.53 Å². The second-order valence-corrected chi connectivity index (χ2v) is 5.07. The van der Waals surface area contributed by atoms with Crippen molar-refractivity contribution in [1.29, 1.82) is 0 Å². The maximum absolute atomic E-state index is 11.5. The molecule has 1 aliphatic carbocycles. The fourth-order valence-corrected chi connectivity index (χ4v) is 2.73. The predicted octanol–water partition coefficient (Wildman–Crippen LogP) is 2.86. The van der Waals surface area contributed by atoms with Crippen LogP contribution in [0.4, 0.5) is 4.79 Å². The van der Waals surface area contributed by atoms with Crippen molar-refractivity contribution in [3.05, 3.63) is 59.2 Å². The van der Waals surface area contributed by atoms with Crippen LogP contribution in [0.5, 0.6) is 0 Å². The van der Waals surface area contributed by atoms with E-state index in [2.05, 4.69) is 35.6 Å². The van der Waals surface area contributed by atoms with E-state index in [9.17, 15) is 4.79 Å². The predicted molar refractivity (Wildman–Crippen MR) is 89.2 cm³/mol. The fraction of sp³-hybridized carbons (Fsp3) is 0.235. The smallest absolute Gasteiger partial charge is 0.407 e. The van der Waals surface area contributed by atoms with Crippen molar-refractivity contribution in [3.8, 4) is 11.1 Å². The van der Waals surface area contributed by atoms with Gasteiger partial charge in [-0.25, -0.2) is 4.79 Å². The van der Waals surface area contributed by atoms with Crippen LogP contribution in [-0.4, -0.2) is 19.2 Å². The minimum absolute atomic E-state index is 0. The number of nitrogens with two attached hydrogens (primary N) is 1. The summed E-state index contributed by atoms with van der Waals surface area (Å²) < 4.78 is 5.25. The maximum atomic E-state index is 11.5. The summed E-state index contributed by atoms with van der Waals surface area (Å²) in [6, 6.07) is 14.5. The summed E-state index contributed by atoms with van der Waals surface area (Å²) >= 11 is 0. The number of carbonyl (C=O) groups is 1. The van der Waals surface area contributed by atoms with Crippen LogP contribution in [0, 0.1) is 0 Å². The number of hydrogen-bond donors (Lipinski definition) is 2. The number of nitrogens with one attached hydrogen (secondary N) is 1. The third-order valence-electron chi connectivity index (χ3n) is 3.72. The number of hydrogen-bond acceptors (Lipinski definition) is 3. The highest BCUT2D eigenvalue weighted by Crippen LogP contribution is 2.38. The number of amides is 1. The molecule has 0 heterocycles. The molecule has 22 heavy (non-hydrogen) atoms. The number of halogens is 1. The summed E-state index contributed by atoms with van der Waals surface area (Å²) in [7, 11) is 0. The van der Waals surface area contributed by atoms with Crippen molar-refractivity contribution in [1.82, 2.24) is 5.32 Å². The molecule has 116 valence electrons. The first kappa shape index (κ1) is 16.3. The van der Waals surface area contributed by atoms with Gasteiger partial charge in [-0.05, 0) is 34.2 Å². The minimum Gasteiger partial charge on any atom is -0.445 e. The first-order valence-electron chi connectivity index (χ1n) is 7.09. The Morgan fingerprint density at radius 3 is 2.73 bits per heavy atom. The summed E-state index contributed by atoms with van der Waals surface area (Å²) in [5, 5.41) is 2.60. The van der Waals surface area contributed by atoms with Crippen LogP contribution in [0.15, 0.2) is 42.5 Å². The first-order valence-corrected chi connectivity index (χ1v) is 7.09. The molecule has 5 heteroatoms. The lowest BCUT2D eigenvalue weighted by molar-refractivity contribution is 0.139. The van der Waals surface area contributed by atoms with Crippen LogP contribution < -0.4 is 11.1 Å². The normalized spacial score (nSPS) is 11.1. The van der Waals surface area contributed by atoms with E-state index in [4.69, 9.17) is 10.5 Å². The number of fused-ring (bicyclic) bond motifs is 3. The molecule has 3 rings (SSSR count). The van der Waals surface area contributed by atoms with Crippen molar-refractivity contribution in [3.63, 3.8) is 0 Å². The molecule has 0 fully saturated rings. The molecular formula is C17H19ClN2O2. The van der Waals surface area contributed by atoms with Crippen molar-refractivity contribution in [2.45, 2.75) is 13.0 Å². The van der Waals surface area contributed by atoms with Gasteiger partial charge < -0.3 is 15.8 Å². The van der Waals surface area contributed by atoms with E-state index in [0.717, 1.165) is 12.0 Å². The van der Waals surface area contributed by atoms with Crippen LogP contribution >= 0.6 is 12.4 Å². The lowest BCUT2D eigenvalue weighted by atomic mass is 10.0. The number of carbonyl (C=O) groups excluding carboxylic acids is 1. The molecular weight excluding hydrogens is 300 g/mol. The molecule has 0 unspecified atom stereocenters. The van der Waals surface area contributed by atoms with Gasteiger partial charge in [-0.2, -0.15) is 0 Å². The van der Waals surface area contributed by atoms with Crippen LogP contribution in [0.2, 0.25) is 0 Å². The van der Waals surface area contributed by atoms with Crippen molar-refractivity contribution in [2.75, 3.05) is 13.1 Å². The second kappa shape index (κ2) is 7.29. The van der Waals surface area contributed by atoms with Crippen LogP contribution in [0.25, 0.3) is 11.1 Å². The van der Waals surface area contributed by atoms with E-state index >= 15 is 0 Å². The van der Waals surface area contributed by atoms with Crippen molar-refractivity contribution in [2.24, 2.45) is 5.73 Å². The van der Waals surface area contributed by atoms with Gasteiger partial charge in [0.15, 0.2) is 0 Å². The van der Waals surface area contributed by atoms with Gasteiger partial charge in [0.2, 0.25) is 0 Å². The molecule has 0 radical (unpaired) electrons. The molecule has 3 N–H and O–H groups in total. The Balaban J connectivity index is 0.00000176. The zero-order chi connectivity index (χ0) is 14.7. The lowest BCUT2D eigenvalue weighted by Gasteiger charge is -2.10. The first-order chi connectivity index (χ1) is 10.3. The summed E-state index contributed by atoms with van der Waals surface area (Å²) in [4.78, 5) is 11.5. The van der Waals surface area contributed by atoms with E-state index in [-0.39, 0.29) is 19.0 Å². The van der Waals surface area contributed by atoms with Gasteiger partial charge in [-0.3, -0.25) is 0 Å². The SMILES string of the molecule is Cl.NCCNC(=O)OCc1cccc2c1Cc1ccccc1-2. The third kappa shape index (κ3) is 3.24. The Bertz CT molecular complexity index is 673. The second-order valence-electron chi connectivity index (χ2n) is 5.07. The van der Waals surface area contributed by atoms with Crippen LogP contribution in [-0.2, 0) is 17.8 Å². The molecule has 4 nitrogen and oxygen atoms in total. The van der Waals surface area contributed by atoms with Gasteiger partial charge in [0.1, 0.15) is 6.61 Å². The average Bonchev–Trinajstić information content (AvgIpc) is 2.90. The van der Waals surface area contributed by atoms with Crippen molar-refractivity contribution >= 4 is 18.5 Å². The minimum atomic E-state index is -0.423. The van der Waals surface area contributed by atoms with Crippen LogP contribution in [0.3, 0.4) is 0 Å². The molecule has 2 aromatic rings. The van der Waals surface area contributed by atoms with E-state index in [1.807, 2.05) is 12.1 Å². The molecule has 2 aromatic carbocycles. The molecule has 0 saturated carbocycles. The number of alkyl carbamates (subject to hydrolysis) is 1. The molecule has 0 aliphatic heterocycles. The van der Waals surface area contributed by atoms with E-state index in [1.54, 1.807) is 0 Å². The molecule has 0 atom stereocenters. The van der Waals surface area contributed by atoms with Gasteiger partial charge in [0.05, 0.1) is 0 Å². The number of benzene rings is 2. The average molecular weight is 319 g/mol. The quantitative estimate of drug-likeness (QED) is 0.777. The fourth-order valence-electron chi connectivity index (χ4n) is 2.73. The Morgan fingerprint density at radius 1 is 1.14 bits per heavy atom. The Labute approximate surface area is 136 Å².